The molecule has 2 aromatic rings. The summed E-state index contributed by atoms with van der Waals surface area (Å²) in [5, 5.41) is 9.58. The maximum absolute atomic E-state index is 12.1. The van der Waals surface area contributed by atoms with Crippen molar-refractivity contribution < 1.29 is 9.59 Å². The Morgan fingerprint density at radius 2 is 1.65 bits per heavy atom. The highest BCUT2D eigenvalue weighted by Crippen LogP contribution is 2.15. The number of carbonyl (C=O) groups excluding carboxylic acids is 2. The molecule has 6 heteroatoms. The molecule has 1 aromatic heterocycles. The van der Waals surface area contributed by atoms with Gasteiger partial charge in [0.2, 0.25) is 5.91 Å². The maximum Gasteiger partial charge on any atom is 0.259 e. The van der Waals surface area contributed by atoms with Gasteiger partial charge in [0, 0.05) is 31.5 Å². The Labute approximate surface area is 116 Å². The molecule has 2 N–H and O–H groups in total. The molecule has 6 nitrogen and oxygen atoms in total. The highest BCUT2D eigenvalue weighted by atomic mass is 16.2. The number of aromatic nitrogens is 2. The fourth-order valence-corrected chi connectivity index (χ4v) is 1.86. The Morgan fingerprint density at radius 3 is 2.10 bits per heavy atom. The second kappa shape index (κ2) is 5.56. The molecule has 1 aromatic carbocycles. The van der Waals surface area contributed by atoms with Gasteiger partial charge in [-0.1, -0.05) is 0 Å². The minimum Gasteiger partial charge on any atom is -0.326 e. The third-order valence-corrected chi connectivity index (χ3v) is 2.72. The van der Waals surface area contributed by atoms with Crippen LogP contribution in [0.2, 0.25) is 0 Å². The van der Waals surface area contributed by atoms with Gasteiger partial charge >= 0.3 is 0 Å². The van der Waals surface area contributed by atoms with Gasteiger partial charge < -0.3 is 10.6 Å². The molecule has 1 heterocycles. The van der Waals surface area contributed by atoms with Gasteiger partial charge in [-0.15, -0.1) is 0 Å². The number of benzene rings is 1. The highest BCUT2D eigenvalue weighted by Gasteiger charge is 2.12. The number of nitrogens with one attached hydrogen (secondary N) is 2. The average Bonchev–Trinajstić information content (AvgIpc) is 2.70. The summed E-state index contributed by atoms with van der Waals surface area (Å²) in [5.41, 5.74) is 2.57. The summed E-state index contributed by atoms with van der Waals surface area (Å²) in [6.07, 6.45) is 1.68. The Morgan fingerprint density at radius 1 is 1.10 bits per heavy atom. The fourth-order valence-electron chi connectivity index (χ4n) is 1.86. The van der Waals surface area contributed by atoms with Crippen LogP contribution in [0.5, 0.6) is 0 Å². The molecule has 0 saturated heterocycles. The lowest BCUT2D eigenvalue weighted by atomic mass is 10.2. The molecular formula is C14H16N4O2. The van der Waals surface area contributed by atoms with E-state index in [1.165, 1.54) is 6.92 Å². The van der Waals surface area contributed by atoms with E-state index in [0.29, 0.717) is 22.6 Å². The molecule has 0 bridgehead atoms. The summed E-state index contributed by atoms with van der Waals surface area (Å²) >= 11 is 0. The molecule has 0 unspecified atom stereocenters. The van der Waals surface area contributed by atoms with Crippen molar-refractivity contribution in [1.29, 1.82) is 0 Å². The van der Waals surface area contributed by atoms with Crippen molar-refractivity contribution in [2.24, 2.45) is 7.05 Å². The van der Waals surface area contributed by atoms with Crippen LogP contribution in [0.4, 0.5) is 11.4 Å². The first-order chi connectivity index (χ1) is 9.45. The van der Waals surface area contributed by atoms with Crippen molar-refractivity contribution >= 4 is 23.2 Å². The van der Waals surface area contributed by atoms with Gasteiger partial charge in [0.25, 0.3) is 5.91 Å². The van der Waals surface area contributed by atoms with E-state index >= 15 is 0 Å². The van der Waals surface area contributed by atoms with Crippen molar-refractivity contribution in [3.63, 3.8) is 0 Å². The van der Waals surface area contributed by atoms with E-state index in [-0.39, 0.29) is 11.8 Å². The van der Waals surface area contributed by atoms with Crippen molar-refractivity contribution in [2.75, 3.05) is 10.6 Å². The summed E-state index contributed by atoms with van der Waals surface area (Å²) in [5.74, 6) is -0.337. The predicted molar refractivity (Wildman–Crippen MR) is 76.6 cm³/mol. The smallest absolute Gasteiger partial charge is 0.259 e. The maximum atomic E-state index is 12.1. The van der Waals surface area contributed by atoms with E-state index < -0.39 is 0 Å². The lowest BCUT2D eigenvalue weighted by molar-refractivity contribution is -0.114. The van der Waals surface area contributed by atoms with Crippen LogP contribution in [-0.2, 0) is 11.8 Å². The molecule has 0 aliphatic carbocycles. The second-order valence-corrected chi connectivity index (χ2v) is 4.51. The molecule has 20 heavy (non-hydrogen) atoms. The molecule has 0 spiro atoms. The van der Waals surface area contributed by atoms with Gasteiger partial charge in [0.05, 0.1) is 11.3 Å². The lowest BCUT2D eigenvalue weighted by Gasteiger charge is -2.06. The first kappa shape index (κ1) is 13.8. The minimum atomic E-state index is -0.206. The van der Waals surface area contributed by atoms with Crippen LogP contribution in [-0.4, -0.2) is 21.6 Å². The first-order valence-electron chi connectivity index (χ1n) is 6.15. The minimum absolute atomic E-state index is 0.132. The SMILES string of the molecule is CC(=O)Nc1ccc(NC(=O)c2cn(C)nc2C)cc1. The summed E-state index contributed by atoms with van der Waals surface area (Å²) in [7, 11) is 1.77. The van der Waals surface area contributed by atoms with Crippen molar-refractivity contribution in [3.05, 3.63) is 41.7 Å². The summed E-state index contributed by atoms with van der Waals surface area (Å²) < 4.78 is 1.60. The van der Waals surface area contributed by atoms with Gasteiger partial charge in [-0.05, 0) is 31.2 Å². The third-order valence-electron chi connectivity index (χ3n) is 2.72. The highest BCUT2D eigenvalue weighted by molar-refractivity contribution is 6.05. The van der Waals surface area contributed by atoms with Gasteiger partial charge in [-0.3, -0.25) is 14.3 Å². The number of hydrogen-bond donors (Lipinski definition) is 2. The molecule has 2 amide bonds. The normalized spacial score (nSPS) is 10.2. The Bertz CT molecular complexity index is 644. The number of hydrogen-bond acceptors (Lipinski definition) is 3. The van der Waals surface area contributed by atoms with E-state index in [1.807, 2.05) is 0 Å². The van der Waals surface area contributed by atoms with Gasteiger partial charge in [0.15, 0.2) is 0 Å². The first-order valence-corrected chi connectivity index (χ1v) is 6.15. The fraction of sp³-hybridized carbons (Fsp3) is 0.214. The van der Waals surface area contributed by atoms with Gasteiger partial charge in [-0.2, -0.15) is 5.10 Å². The molecule has 0 radical (unpaired) electrons. The monoisotopic (exact) mass is 272 g/mol. The quantitative estimate of drug-likeness (QED) is 0.896. The van der Waals surface area contributed by atoms with E-state index in [4.69, 9.17) is 0 Å². The molecule has 2 rings (SSSR count). The molecular weight excluding hydrogens is 256 g/mol. The molecule has 0 atom stereocenters. The molecule has 0 saturated carbocycles. The summed E-state index contributed by atoms with van der Waals surface area (Å²) in [6.45, 7) is 3.23. The Kier molecular flexibility index (Phi) is 3.84. The number of aryl methyl sites for hydroxylation is 2. The third kappa shape index (κ3) is 3.23. The van der Waals surface area contributed by atoms with E-state index in [0.717, 1.165) is 0 Å². The molecule has 0 aliphatic rings. The molecule has 0 aliphatic heterocycles. The van der Waals surface area contributed by atoms with E-state index in [2.05, 4.69) is 15.7 Å². The van der Waals surface area contributed by atoms with Crippen molar-refractivity contribution in [1.82, 2.24) is 9.78 Å². The summed E-state index contributed by atoms with van der Waals surface area (Å²) in [4.78, 5) is 23.0. The zero-order valence-corrected chi connectivity index (χ0v) is 11.6. The van der Waals surface area contributed by atoms with Gasteiger partial charge in [0.1, 0.15) is 0 Å². The number of amides is 2. The van der Waals surface area contributed by atoms with E-state index in [1.54, 1.807) is 49.1 Å². The molecule has 0 fully saturated rings. The van der Waals surface area contributed by atoms with Crippen LogP contribution in [0.1, 0.15) is 23.0 Å². The predicted octanol–water partition coefficient (Wildman–Crippen LogP) is 1.94. The molecule has 104 valence electrons. The lowest BCUT2D eigenvalue weighted by Crippen LogP contribution is -2.12. The number of anilines is 2. The standard InChI is InChI=1S/C14H16N4O2/c1-9-13(8-18(3)17-9)14(20)16-12-6-4-11(5-7-12)15-10(2)19/h4-8H,1-3H3,(H,15,19)(H,16,20). The van der Waals surface area contributed by atoms with Crippen LogP contribution in [0.25, 0.3) is 0 Å². The van der Waals surface area contributed by atoms with E-state index in [9.17, 15) is 9.59 Å². The number of carbonyl (C=O) groups is 2. The zero-order chi connectivity index (χ0) is 14.7. The summed E-state index contributed by atoms with van der Waals surface area (Å²) in [6, 6.07) is 6.92. The largest absolute Gasteiger partial charge is 0.326 e. The van der Waals surface area contributed by atoms with Gasteiger partial charge in [-0.25, -0.2) is 0 Å². The van der Waals surface area contributed by atoms with Crippen LogP contribution >= 0.6 is 0 Å². The van der Waals surface area contributed by atoms with Crippen LogP contribution < -0.4 is 10.6 Å². The second-order valence-electron chi connectivity index (χ2n) is 4.51. The topological polar surface area (TPSA) is 76.0 Å². The van der Waals surface area contributed by atoms with Crippen LogP contribution in [0, 0.1) is 6.92 Å². The average molecular weight is 272 g/mol. The Hall–Kier alpha value is -2.63. The number of nitrogens with zero attached hydrogens (tertiary/aromatic N) is 2. The Balaban J connectivity index is 2.08. The van der Waals surface area contributed by atoms with Crippen LogP contribution in [0.3, 0.4) is 0 Å². The van der Waals surface area contributed by atoms with Crippen molar-refractivity contribution in [3.8, 4) is 0 Å². The van der Waals surface area contributed by atoms with Crippen molar-refractivity contribution in [2.45, 2.75) is 13.8 Å². The zero-order valence-electron chi connectivity index (χ0n) is 11.6. The number of rotatable bonds is 3. The van der Waals surface area contributed by atoms with Crippen LogP contribution in [0.15, 0.2) is 30.5 Å².